The van der Waals surface area contributed by atoms with E-state index in [1.807, 2.05) is 20.8 Å². The van der Waals surface area contributed by atoms with Crippen molar-refractivity contribution in [3.63, 3.8) is 0 Å². The lowest BCUT2D eigenvalue weighted by Gasteiger charge is -2.47. The highest BCUT2D eigenvalue weighted by atomic mass is 16.6. The van der Waals surface area contributed by atoms with Crippen LogP contribution >= 0.6 is 0 Å². The number of cyclic esters (lactones) is 1. The van der Waals surface area contributed by atoms with E-state index < -0.39 is 34.8 Å². The lowest BCUT2D eigenvalue weighted by molar-refractivity contribution is -0.228. The molecule has 3 N–H and O–H groups in total. The van der Waals surface area contributed by atoms with E-state index in [0.29, 0.717) is 19.4 Å². The second-order valence-electron chi connectivity index (χ2n) is 4.93. The SMILES string of the molecule is CCOC(CC)(CC)[C@@](O)(CC)[C@H]1OC(=O)C(O)=C1O. The van der Waals surface area contributed by atoms with Gasteiger partial charge in [0.2, 0.25) is 5.76 Å². The smallest absolute Gasteiger partial charge is 0.378 e. The zero-order chi connectivity index (χ0) is 15.6. The minimum absolute atomic E-state index is 0.198. The van der Waals surface area contributed by atoms with Crippen molar-refractivity contribution in [3.05, 3.63) is 11.5 Å². The van der Waals surface area contributed by atoms with E-state index in [4.69, 9.17) is 9.47 Å². The van der Waals surface area contributed by atoms with Gasteiger partial charge >= 0.3 is 5.97 Å². The molecule has 1 rings (SSSR count). The Hall–Kier alpha value is -1.27. The summed E-state index contributed by atoms with van der Waals surface area (Å²) in [5.74, 6) is -2.51. The maximum atomic E-state index is 11.4. The number of esters is 1. The first-order valence-electron chi connectivity index (χ1n) is 7.02. The molecule has 0 aromatic carbocycles. The van der Waals surface area contributed by atoms with Gasteiger partial charge in [-0.05, 0) is 26.2 Å². The molecule has 6 nitrogen and oxygen atoms in total. The van der Waals surface area contributed by atoms with Crippen LogP contribution in [0.4, 0.5) is 0 Å². The fourth-order valence-corrected chi connectivity index (χ4v) is 2.99. The second-order valence-corrected chi connectivity index (χ2v) is 4.93. The molecule has 0 aromatic rings. The van der Waals surface area contributed by atoms with Gasteiger partial charge in [-0.3, -0.25) is 0 Å². The van der Waals surface area contributed by atoms with Gasteiger partial charge in [0.05, 0.1) is 0 Å². The molecule has 0 saturated carbocycles. The van der Waals surface area contributed by atoms with Crippen molar-refractivity contribution < 1.29 is 29.6 Å². The summed E-state index contributed by atoms with van der Waals surface area (Å²) in [4.78, 5) is 11.4. The Balaban J connectivity index is 3.29. The van der Waals surface area contributed by atoms with Gasteiger partial charge in [0.1, 0.15) is 11.2 Å². The minimum atomic E-state index is -1.61. The fourth-order valence-electron chi connectivity index (χ4n) is 2.99. The highest BCUT2D eigenvalue weighted by Crippen LogP contribution is 2.43. The summed E-state index contributed by atoms with van der Waals surface area (Å²) in [5, 5.41) is 30.4. The second kappa shape index (κ2) is 6.01. The summed E-state index contributed by atoms with van der Waals surface area (Å²) < 4.78 is 10.7. The molecule has 0 spiro atoms. The minimum Gasteiger partial charge on any atom is -0.505 e. The number of hydrogen-bond acceptors (Lipinski definition) is 6. The largest absolute Gasteiger partial charge is 0.505 e. The summed E-state index contributed by atoms with van der Waals surface area (Å²) in [7, 11) is 0. The number of hydrogen-bond donors (Lipinski definition) is 3. The maximum absolute atomic E-state index is 11.4. The molecule has 0 amide bonds. The number of ether oxygens (including phenoxy) is 2. The zero-order valence-corrected chi connectivity index (χ0v) is 12.5. The highest BCUT2D eigenvalue weighted by molar-refractivity contribution is 5.89. The highest BCUT2D eigenvalue weighted by Gasteiger charge is 2.59. The molecule has 0 radical (unpaired) electrons. The van der Waals surface area contributed by atoms with Crippen LogP contribution in [0.1, 0.15) is 47.0 Å². The summed E-state index contributed by atoms with van der Waals surface area (Å²) in [6, 6.07) is 0. The number of rotatable bonds is 7. The molecule has 0 saturated heterocycles. The Morgan fingerprint density at radius 3 is 2.00 bits per heavy atom. The van der Waals surface area contributed by atoms with Gasteiger partial charge in [-0.1, -0.05) is 20.8 Å². The average Bonchev–Trinajstić information content (AvgIpc) is 2.72. The molecule has 0 unspecified atom stereocenters. The number of aliphatic hydroxyl groups excluding tert-OH is 2. The molecule has 116 valence electrons. The van der Waals surface area contributed by atoms with Crippen LogP contribution in [0.15, 0.2) is 11.5 Å². The number of aliphatic hydroxyl groups is 3. The van der Waals surface area contributed by atoms with Gasteiger partial charge in [-0.25, -0.2) is 4.79 Å². The van der Waals surface area contributed by atoms with Crippen LogP contribution in [-0.2, 0) is 14.3 Å². The van der Waals surface area contributed by atoms with Crippen molar-refractivity contribution in [3.8, 4) is 0 Å². The van der Waals surface area contributed by atoms with Gasteiger partial charge in [0, 0.05) is 6.61 Å². The van der Waals surface area contributed by atoms with Crippen LogP contribution in [-0.4, -0.2) is 45.2 Å². The first-order chi connectivity index (χ1) is 9.33. The lowest BCUT2D eigenvalue weighted by atomic mass is 9.72. The molecule has 0 fully saturated rings. The summed E-state index contributed by atoms with van der Waals surface area (Å²) in [6.45, 7) is 7.62. The lowest BCUT2D eigenvalue weighted by Crippen LogP contribution is -2.62. The van der Waals surface area contributed by atoms with Crippen molar-refractivity contribution in [2.75, 3.05) is 6.61 Å². The Bertz CT molecular complexity index is 398. The predicted octanol–water partition coefficient (Wildman–Crippen LogP) is 1.98. The van der Waals surface area contributed by atoms with Crippen molar-refractivity contribution in [2.24, 2.45) is 0 Å². The van der Waals surface area contributed by atoms with E-state index >= 15 is 0 Å². The molecule has 0 aliphatic carbocycles. The molecule has 20 heavy (non-hydrogen) atoms. The average molecular weight is 288 g/mol. The third-order valence-electron chi connectivity index (χ3n) is 4.23. The molecule has 6 heteroatoms. The molecule has 1 aliphatic heterocycles. The standard InChI is InChI=1S/C14H24O6/c1-5-13(6-2,19-8-4)14(18,7-3)11-9(15)10(16)12(17)20-11/h11,15-16,18H,5-8H2,1-4H3/t11-,14+/m0/s1. The summed E-state index contributed by atoms with van der Waals surface area (Å²) in [6.07, 6.45) is -0.163. The van der Waals surface area contributed by atoms with Gasteiger partial charge in [0.25, 0.3) is 0 Å². The van der Waals surface area contributed by atoms with E-state index in [-0.39, 0.29) is 6.42 Å². The van der Waals surface area contributed by atoms with E-state index in [1.165, 1.54) is 0 Å². The molecule has 0 aromatic heterocycles. The van der Waals surface area contributed by atoms with Gasteiger partial charge in [-0.15, -0.1) is 0 Å². The Kier molecular flexibility index (Phi) is 5.05. The Morgan fingerprint density at radius 1 is 1.15 bits per heavy atom. The van der Waals surface area contributed by atoms with Crippen LogP contribution < -0.4 is 0 Å². The van der Waals surface area contributed by atoms with Crippen LogP contribution in [0.25, 0.3) is 0 Å². The predicted molar refractivity (Wildman–Crippen MR) is 72.3 cm³/mol. The first-order valence-corrected chi connectivity index (χ1v) is 7.02. The van der Waals surface area contributed by atoms with Gasteiger partial charge < -0.3 is 24.8 Å². The third-order valence-corrected chi connectivity index (χ3v) is 4.23. The number of carbonyl (C=O) groups excluding carboxylic acids is 1. The first kappa shape index (κ1) is 16.8. The Morgan fingerprint density at radius 2 is 1.70 bits per heavy atom. The topological polar surface area (TPSA) is 96.2 Å². The molecule has 2 atom stereocenters. The molecule has 1 heterocycles. The van der Waals surface area contributed by atoms with Crippen molar-refractivity contribution in [1.29, 1.82) is 0 Å². The molecule has 1 aliphatic rings. The quantitative estimate of drug-likeness (QED) is 0.620. The van der Waals surface area contributed by atoms with E-state index in [1.54, 1.807) is 6.92 Å². The summed E-state index contributed by atoms with van der Waals surface area (Å²) >= 11 is 0. The Labute approximate surface area is 119 Å². The van der Waals surface area contributed by atoms with Crippen molar-refractivity contribution in [2.45, 2.75) is 64.3 Å². The van der Waals surface area contributed by atoms with Crippen molar-refractivity contribution in [1.82, 2.24) is 0 Å². The zero-order valence-electron chi connectivity index (χ0n) is 12.5. The molecular formula is C14H24O6. The van der Waals surface area contributed by atoms with E-state index in [0.717, 1.165) is 0 Å². The van der Waals surface area contributed by atoms with Gasteiger partial charge in [0.15, 0.2) is 11.9 Å². The third kappa shape index (κ3) is 2.27. The van der Waals surface area contributed by atoms with Crippen LogP contribution in [0, 0.1) is 0 Å². The van der Waals surface area contributed by atoms with Crippen LogP contribution in [0.3, 0.4) is 0 Å². The van der Waals surface area contributed by atoms with E-state index in [9.17, 15) is 20.1 Å². The maximum Gasteiger partial charge on any atom is 0.378 e. The molecule has 0 bridgehead atoms. The van der Waals surface area contributed by atoms with Crippen LogP contribution in [0.5, 0.6) is 0 Å². The van der Waals surface area contributed by atoms with Crippen LogP contribution in [0.2, 0.25) is 0 Å². The number of carbonyl (C=O) groups is 1. The van der Waals surface area contributed by atoms with Crippen molar-refractivity contribution >= 4 is 5.97 Å². The van der Waals surface area contributed by atoms with Gasteiger partial charge in [-0.2, -0.15) is 0 Å². The normalized spacial score (nSPS) is 22.9. The monoisotopic (exact) mass is 288 g/mol. The van der Waals surface area contributed by atoms with E-state index in [2.05, 4.69) is 0 Å². The molecular weight excluding hydrogens is 264 g/mol. The fraction of sp³-hybridized carbons (Fsp3) is 0.786. The summed E-state index contributed by atoms with van der Waals surface area (Å²) in [5.41, 5.74) is -2.59.